The zero-order chi connectivity index (χ0) is 17.6. The van der Waals surface area contributed by atoms with Crippen LogP contribution in [0, 0.1) is 11.8 Å². The quantitative estimate of drug-likeness (QED) is 0.544. The Morgan fingerprint density at radius 2 is 1.26 bits per heavy atom. The minimum Gasteiger partial charge on any atom is -0.468 e. The van der Waals surface area contributed by atoms with E-state index in [9.17, 15) is 19.2 Å². The zero-order valence-corrected chi connectivity index (χ0v) is 13.4. The van der Waals surface area contributed by atoms with Crippen molar-refractivity contribution in [3.8, 4) is 0 Å². The molecule has 0 aliphatic rings. The summed E-state index contributed by atoms with van der Waals surface area (Å²) in [4.78, 5) is 52.1. The molecule has 7 nitrogen and oxygen atoms in total. The average molecular weight is 321 g/mol. The molecule has 0 radical (unpaired) electrons. The molecule has 1 aromatic heterocycles. The van der Waals surface area contributed by atoms with Crippen LogP contribution < -0.4 is 0 Å². The van der Waals surface area contributed by atoms with Gasteiger partial charge in [0.2, 0.25) is 0 Å². The number of hydrogen-bond acceptors (Lipinski definition) is 7. The first-order chi connectivity index (χ1) is 10.8. The normalized spacial score (nSPS) is 13.1. The number of pyridine rings is 1. The fraction of sp³-hybridized carbons (Fsp3) is 0.438. The van der Waals surface area contributed by atoms with Gasteiger partial charge in [-0.15, -0.1) is 0 Å². The fourth-order valence-corrected chi connectivity index (χ4v) is 2.55. The van der Waals surface area contributed by atoms with E-state index in [2.05, 4.69) is 14.5 Å². The summed E-state index contributed by atoms with van der Waals surface area (Å²) in [5.74, 6) is -6.25. The summed E-state index contributed by atoms with van der Waals surface area (Å²) < 4.78 is 9.36. The molecule has 7 heteroatoms. The highest BCUT2D eigenvalue weighted by atomic mass is 16.5. The first-order valence-electron chi connectivity index (χ1n) is 6.91. The van der Waals surface area contributed by atoms with Gasteiger partial charge < -0.3 is 9.47 Å². The maximum absolute atomic E-state index is 12.1. The molecule has 124 valence electrons. The second-order valence-corrected chi connectivity index (χ2v) is 5.03. The summed E-state index contributed by atoms with van der Waals surface area (Å²) in [6.45, 7) is 2.43. The molecule has 1 aromatic rings. The highest BCUT2D eigenvalue weighted by molar-refractivity contribution is 6.04. The van der Waals surface area contributed by atoms with Crippen molar-refractivity contribution in [2.45, 2.75) is 19.8 Å². The molecule has 0 fully saturated rings. The summed E-state index contributed by atoms with van der Waals surface area (Å²) in [6.07, 6.45) is 2.90. The lowest BCUT2D eigenvalue weighted by molar-refractivity contribution is -0.154. The van der Waals surface area contributed by atoms with Gasteiger partial charge in [0, 0.05) is 18.3 Å². The van der Waals surface area contributed by atoms with Gasteiger partial charge in [0.25, 0.3) is 0 Å². The number of methoxy groups -OCH3 is 2. The van der Waals surface area contributed by atoms with Gasteiger partial charge in [-0.1, -0.05) is 0 Å². The van der Waals surface area contributed by atoms with Crippen LogP contribution >= 0.6 is 0 Å². The predicted molar refractivity (Wildman–Crippen MR) is 79.4 cm³/mol. The van der Waals surface area contributed by atoms with Gasteiger partial charge in [-0.2, -0.15) is 0 Å². The van der Waals surface area contributed by atoms with Crippen molar-refractivity contribution >= 4 is 23.5 Å². The predicted octanol–water partition coefficient (Wildman–Crippen LogP) is 0.922. The summed E-state index contributed by atoms with van der Waals surface area (Å²) in [5.41, 5.74) is 0.455. The summed E-state index contributed by atoms with van der Waals surface area (Å²) in [7, 11) is 2.28. The largest absolute Gasteiger partial charge is 0.468 e. The number of hydrogen-bond donors (Lipinski definition) is 0. The van der Waals surface area contributed by atoms with E-state index in [1.165, 1.54) is 26.2 Å². The Balaban J connectivity index is 3.53. The van der Waals surface area contributed by atoms with Gasteiger partial charge >= 0.3 is 11.9 Å². The zero-order valence-electron chi connectivity index (χ0n) is 13.4. The van der Waals surface area contributed by atoms with Crippen LogP contribution in [0.1, 0.15) is 25.3 Å². The minimum atomic E-state index is -1.30. The van der Waals surface area contributed by atoms with Crippen molar-refractivity contribution in [2.24, 2.45) is 11.8 Å². The van der Waals surface area contributed by atoms with E-state index in [1.54, 1.807) is 12.1 Å². The van der Waals surface area contributed by atoms with Crippen molar-refractivity contribution in [3.05, 3.63) is 30.1 Å². The highest BCUT2D eigenvalue weighted by Gasteiger charge is 2.45. The molecule has 0 aliphatic carbocycles. The van der Waals surface area contributed by atoms with Gasteiger partial charge in [-0.3, -0.25) is 24.2 Å². The van der Waals surface area contributed by atoms with E-state index < -0.39 is 41.3 Å². The Morgan fingerprint density at radius 1 is 0.870 bits per heavy atom. The summed E-state index contributed by atoms with van der Waals surface area (Å²) in [5, 5.41) is 0. The molecule has 2 atom stereocenters. The van der Waals surface area contributed by atoms with Crippen molar-refractivity contribution < 1.29 is 28.7 Å². The third-order valence-corrected chi connectivity index (χ3v) is 3.60. The second kappa shape index (κ2) is 8.17. The third kappa shape index (κ3) is 4.21. The molecule has 0 N–H and O–H groups in total. The Labute approximate surface area is 134 Å². The van der Waals surface area contributed by atoms with E-state index in [0.717, 1.165) is 14.2 Å². The Bertz CT molecular complexity index is 564. The maximum Gasteiger partial charge on any atom is 0.316 e. The lowest BCUT2D eigenvalue weighted by Crippen LogP contribution is -2.40. The molecule has 0 aromatic carbocycles. The van der Waals surface area contributed by atoms with Crippen molar-refractivity contribution in [2.75, 3.05) is 14.2 Å². The molecular weight excluding hydrogens is 302 g/mol. The molecule has 0 saturated heterocycles. The summed E-state index contributed by atoms with van der Waals surface area (Å²) >= 11 is 0. The van der Waals surface area contributed by atoms with Gasteiger partial charge in [0.15, 0.2) is 0 Å². The van der Waals surface area contributed by atoms with E-state index >= 15 is 0 Å². The van der Waals surface area contributed by atoms with Crippen LogP contribution in [-0.4, -0.2) is 42.7 Å². The van der Waals surface area contributed by atoms with Crippen LogP contribution in [-0.2, 0) is 28.7 Å². The SMILES string of the molecule is COC(=O)[C@@H](C(C)=O)C(c1ccncc1)[C@H](C(C)=O)C(=O)OC. The number of carbonyl (C=O) groups excluding carboxylic acids is 4. The van der Waals surface area contributed by atoms with Gasteiger partial charge in [0.05, 0.1) is 14.2 Å². The monoisotopic (exact) mass is 321 g/mol. The molecule has 0 unspecified atom stereocenters. The molecule has 0 spiro atoms. The molecule has 1 heterocycles. The van der Waals surface area contributed by atoms with Crippen LogP contribution in [0.2, 0.25) is 0 Å². The number of esters is 2. The minimum absolute atomic E-state index is 0.455. The van der Waals surface area contributed by atoms with Crippen molar-refractivity contribution in [1.29, 1.82) is 0 Å². The smallest absolute Gasteiger partial charge is 0.316 e. The number of nitrogens with zero attached hydrogens (tertiary/aromatic N) is 1. The Hall–Kier alpha value is -2.57. The molecule has 0 saturated carbocycles. The van der Waals surface area contributed by atoms with Gasteiger partial charge in [-0.05, 0) is 31.5 Å². The number of rotatable bonds is 7. The third-order valence-electron chi connectivity index (χ3n) is 3.60. The van der Waals surface area contributed by atoms with Crippen molar-refractivity contribution in [1.82, 2.24) is 4.98 Å². The molecule has 23 heavy (non-hydrogen) atoms. The lowest BCUT2D eigenvalue weighted by Gasteiger charge is -2.28. The molecule has 0 aliphatic heterocycles. The molecular formula is C16H19NO6. The number of carbonyl (C=O) groups is 4. The van der Waals surface area contributed by atoms with Crippen LogP contribution in [0.25, 0.3) is 0 Å². The number of ether oxygens (including phenoxy) is 2. The van der Waals surface area contributed by atoms with Crippen molar-refractivity contribution in [3.63, 3.8) is 0 Å². The Kier molecular flexibility index (Phi) is 6.56. The number of ketones is 2. The van der Waals surface area contributed by atoms with E-state index in [4.69, 9.17) is 0 Å². The molecule has 0 bridgehead atoms. The summed E-state index contributed by atoms with van der Waals surface area (Å²) in [6, 6.07) is 3.09. The number of aromatic nitrogens is 1. The first-order valence-corrected chi connectivity index (χ1v) is 6.91. The average Bonchev–Trinajstić information content (AvgIpc) is 2.53. The van der Waals surface area contributed by atoms with E-state index in [0.29, 0.717) is 5.56 Å². The van der Waals surface area contributed by atoms with E-state index in [-0.39, 0.29) is 0 Å². The van der Waals surface area contributed by atoms with Crippen LogP contribution in [0.4, 0.5) is 0 Å². The fourth-order valence-electron chi connectivity index (χ4n) is 2.55. The van der Waals surface area contributed by atoms with Crippen LogP contribution in [0.15, 0.2) is 24.5 Å². The molecule has 0 amide bonds. The van der Waals surface area contributed by atoms with Gasteiger partial charge in [0.1, 0.15) is 23.4 Å². The topological polar surface area (TPSA) is 99.6 Å². The first kappa shape index (κ1) is 18.5. The van der Waals surface area contributed by atoms with Crippen LogP contribution in [0.5, 0.6) is 0 Å². The Morgan fingerprint density at radius 3 is 1.57 bits per heavy atom. The van der Waals surface area contributed by atoms with E-state index in [1.807, 2.05) is 0 Å². The second-order valence-electron chi connectivity index (χ2n) is 5.03. The number of Topliss-reactive ketones (excluding diaryl/α,β-unsaturated/α-hetero) is 2. The standard InChI is InChI=1S/C16H19NO6/c1-9(18)12(15(20)22-3)14(11-5-7-17-8-6-11)13(10(2)19)16(21)23-4/h5-8,12-14H,1-4H3/t12-,13-/m0/s1. The van der Waals surface area contributed by atoms with Gasteiger partial charge in [-0.25, -0.2) is 0 Å². The maximum atomic E-state index is 12.1. The highest BCUT2D eigenvalue weighted by Crippen LogP contribution is 2.35. The molecule has 1 rings (SSSR count). The lowest BCUT2D eigenvalue weighted by atomic mass is 9.74. The van der Waals surface area contributed by atoms with Crippen LogP contribution in [0.3, 0.4) is 0 Å².